The fourth-order valence-electron chi connectivity index (χ4n) is 2.06. The van der Waals surface area contributed by atoms with Gasteiger partial charge >= 0.3 is 0 Å². The second-order valence-electron chi connectivity index (χ2n) is 4.39. The maximum Gasteiger partial charge on any atom is 0.253 e. The molecule has 0 fully saturated rings. The van der Waals surface area contributed by atoms with E-state index in [1.54, 1.807) is 30.3 Å². The van der Waals surface area contributed by atoms with Crippen molar-refractivity contribution in [3.05, 3.63) is 64.1 Å². The molecule has 1 heterocycles. The predicted octanol–water partition coefficient (Wildman–Crippen LogP) is 4.13. The Balaban J connectivity index is 1.97. The van der Waals surface area contributed by atoms with Crippen LogP contribution in [-0.4, -0.2) is 11.6 Å². The van der Waals surface area contributed by atoms with Gasteiger partial charge < -0.3 is 0 Å². The molecular weight excluding hydrogens is 295 g/mol. The van der Waals surface area contributed by atoms with Crippen LogP contribution >= 0.6 is 23.2 Å². The summed E-state index contributed by atoms with van der Waals surface area (Å²) in [5.41, 5.74) is 2.16. The lowest BCUT2D eigenvalue weighted by Crippen LogP contribution is -2.19. The van der Waals surface area contributed by atoms with Crippen LogP contribution in [0.3, 0.4) is 0 Å². The number of carbonyl (C=O) groups is 1. The molecule has 100 valence electrons. The second-order valence-corrected chi connectivity index (χ2v) is 5.23. The summed E-state index contributed by atoms with van der Waals surface area (Å²) in [6.45, 7) is 0. The van der Waals surface area contributed by atoms with E-state index in [0.717, 1.165) is 5.56 Å². The Kier molecular flexibility index (Phi) is 3.47. The number of hydrogen-bond acceptors (Lipinski definition) is 2. The highest BCUT2D eigenvalue weighted by atomic mass is 35.5. The molecule has 0 spiro atoms. The zero-order valence-electron chi connectivity index (χ0n) is 10.4. The van der Waals surface area contributed by atoms with Crippen molar-refractivity contribution in [1.82, 2.24) is 0 Å². The van der Waals surface area contributed by atoms with Crippen LogP contribution < -0.4 is 5.01 Å². The number of hydrogen-bond donors (Lipinski definition) is 0. The summed E-state index contributed by atoms with van der Waals surface area (Å²) in [4.78, 5) is 12.1. The van der Waals surface area contributed by atoms with Gasteiger partial charge in [-0.25, -0.2) is 5.01 Å². The van der Waals surface area contributed by atoms with Gasteiger partial charge in [-0.3, -0.25) is 4.79 Å². The van der Waals surface area contributed by atoms with E-state index < -0.39 is 0 Å². The molecule has 2 aromatic carbocycles. The van der Waals surface area contributed by atoms with Crippen LogP contribution in [0.25, 0.3) is 0 Å². The fraction of sp³-hybridized carbons (Fsp3) is 0.0667. The number of amides is 1. The van der Waals surface area contributed by atoms with Gasteiger partial charge in [-0.1, -0.05) is 41.4 Å². The molecule has 1 aliphatic heterocycles. The van der Waals surface area contributed by atoms with Crippen molar-refractivity contribution in [2.24, 2.45) is 5.10 Å². The average molecular weight is 305 g/mol. The highest BCUT2D eigenvalue weighted by Crippen LogP contribution is 2.26. The van der Waals surface area contributed by atoms with E-state index in [1.165, 1.54) is 5.01 Å². The predicted molar refractivity (Wildman–Crippen MR) is 81.5 cm³/mol. The molecular formula is C15H10Cl2N2O. The summed E-state index contributed by atoms with van der Waals surface area (Å²) >= 11 is 12.0. The number of carbonyl (C=O) groups excluding carboxylic acids is 1. The van der Waals surface area contributed by atoms with Crippen molar-refractivity contribution >= 4 is 40.5 Å². The lowest BCUT2D eigenvalue weighted by molar-refractivity contribution is -0.116. The molecule has 0 radical (unpaired) electrons. The Labute approximate surface area is 126 Å². The molecule has 0 aromatic heterocycles. The number of halogens is 2. The zero-order valence-corrected chi connectivity index (χ0v) is 11.9. The van der Waals surface area contributed by atoms with Gasteiger partial charge in [0.05, 0.1) is 17.8 Å². The van der Waals surface area contributed by atoms with Crippen LogP contribution in [0.15, 0.2) is 53.6 Å². The maximum absolute atomic E-state index is 12.1. The van der Waals surface area contributed by atoms with Gasteiger partial charge in [0, 0.05) is 15.6 Å². The van der Waals surface area contributed by atoms with Gasteiger partial charge in [-0.15, -0.1) is 0 Å². The first-order valence-electron chi connectivity index (χ1n) is 6.06. The van der Waals surface area contributed by atoms with Crippen molar-refractivity contribution in [2.45, 2.75) is 6.42 Å². The molecule has 0 saturated heterocycles. The summed E-state index contributed by atoms with van der Waals surface area (Å²) in [6.07, 6.45) is 0.242. The second kappa shape index (κ2) is 5.27. The number of hydrazone groups is 1. The van der Waals surface area contributed by atoms with Gasteiger partial charge in [0.1, 0.15) is 0 Å². The molecule has 0 unspecified atom stereocenters. The van der Waals surface area contributed by atoms with E-state index >= 15 is 0 Å². The molecule has 3 rings (SSSR count). The van der Waals surface area contributed by atoms with E-state index in [4.69, 9.17) is 23.2 Å². The lowest BCUT2D eigenvalue weighted by atomic mass is 10.1. The zero-order chi connectivity index (χ0) is 14.1. The van der Waals surface area contributed by atoms with Crippen molar-refractivity contribution in [3.63, 3.8) is 0 Å². The minimum Gasteiger partial charge on any atom is -0.272 e. The molecule has 3 nitrogen and oxygen atoms in total. The third-order valence-corrected chi connectivity index (χ3v) is 3.61. The first-order chi connectivity index (χ1) is 9.65. The van der Waals surface area contributed by atoms with E-state index in [-0.39, 0.29) is 12.3 Å². The fourth-order valence-corrected chi connectivity index (χ4v) is 2.43. The van der Waals surface area contributed by atoms with Crippen LogP contribution in [0.4, 0.5) is 5.69 Å². The Morgan fingerprint density at radius 1 is 1.00 bits per heavy atom. The summed E-state index contributed by atoms with van der Waals surface area (Å²) in [5, 5.41) is 6.97. The highest BCUT2D eigenvalue weighted by molar-refractivity contribution is 6.35. The number of rotatable bonds is 2. The summed E-state index contributed by atoms with van der Waals surface area (Å²) < 4.78 is 0. The molecule has 0 aliphatic carbocycles. The van der Waals surface area contributed by atoms with Crippen LogP contribution in [0.2, 0.25) is 10.0 Å². The third kappa shape index (κ3) is 2.42. The standard InChI is InChI=1S/C15H10Cl2N2O/c16-10-5-7-11(8-6-10)19-15(20)9-14(18-19)12-3-1-2-4-13(12)17/h1-8H,9H2. The molecule has 0 atom stereocenters. The monoisotopic (exact) mass is 304 g/mol. The van der Waals surface area contributed by atoms with Gasteiger partial charge in [0.25, 0.3) is 5.91 Å². The summed E-state index contributed by atoms with van der Waals surface area (Å²) in [5.74, 6) is -0.0813. The smallest absolute Gasteiger partial charge is 0.253 e. The van der Waals surface area contributed by atoms with Crippen LogP contribution in [0.1, 0.15) is 12.0 Å². The minimum absolute atomic E-state index is 0.0813. The molecule has 0 N–H and O–H groups in total. The Hall–Kier alpha value is -1.84. The van der Waals surface area contributed by atoms with E-state index in [0.29, 0.717) is 21.4 Å². The molecule has 0 saturated carbocycles. The Bertz CT molecular complexity index is 695. The van der Waals surface area contributed by atoms with Crippen molar-refractivity contribution < 1.29 is 4.79 Å². The van der Waals surface area contributed by atoms with Crippen molar-refractivity contribution in [3.8, 4) is 0 Å². The normalized spacial score (nSPS) is 14.6. The highest BCUT2D eigenvalue weighted by Gasteiger charge is 2.26. The van der Waals surface area contributed by atoms with Gasteiger partial charge in [0.15, 0.2) is 0 Å². The van der Waals surface area contributed by atoms with Crippen LogP contribution in [0, 0.1) is 0 Å². The average Bonchev–Trinajstić information content (AvgIpc) is 2.82. The Morgan fingerprint density at radius 3 is 2.40 bits per heavy atom. The molecule has 5 heteroatoms. The molecule has 1 aliphatic rings. The lowest BCUT2D eigenvalue weighted by Gasteiger charge is -2.11. The number of nitrogens with zero attached hydrogens (tertiary/aromatic N) is 2. The third-order valence-electron chi connectivity index (χ3n) is 3.03. The van der Waals surface area contributed by atoms with E-state index in [2.05, 4.69) is 5.10 Å². The number of benzene rings is 2. The van der Waals surface area contributed by atoms with Gasteiger partial charge in [0.2, 0.25) is 0 Å². The minimum atomic E-state index is -0.0813. The Morgan fingerprint density at radius 2 is 1.70 bits per heavy atom. The van der Waals surface area contributed by atoms with Crippen molar-refractivity contribution in [1.29, 1.82) is 0 Å². The maximum atomic E-state index is 12.1. The first kappa shape index (κ1) is 13.2. The summed E-state index contributed by atoms with van der Waals surface area (Å²) in [6, 6.07) is 14.4. The number of anilines is 1. The van der Waals surface area contributed by atoms with Crippen LogP contribution in [-0.2, 0) is 4.79 Å². The molecule has 0 bridgehead atoms. The van der Waals surface area contributed by atoms with E-state index in [9.17, 15) is 4.79 Å². The first-order valence-corrected chi connectivity index (χ1v) is 6.81. The quantitative estimate of drug-likeness (QED) is 0.821. The largest absolute Gasteiger partial charge is 0.272 e. The van der Waals surface area contributed by atoms with Gasteiger partial charge in [-0.05, 0) is 30.3 Å². The SMILES string of the molecule is O=C1CC(c2ccccc2Cl)=NN1c1ccc(Cl)cc1. The topological polar surface area (TPSA) is 32.7 Å². The van der Waals surface area contributed by atoms with Crippen molar-refractivity contribution in [2.75, 3.05) is 5.01 Å². The van der Waals surface area contributed by atoms with E-state index in [1.807, 2.05) is 18.2 Å². The molecule has 2 aromatic rings. The van der Waals surface area contributed by atoms with Gasteiger partial charge in [-0.2, -0.15) is 5.10 Å². The van der Waals surface area contributed by atoms with Crippen LogP contribution in [0.5, 0.6) is 0 Å². The molecule has 1 amide bonds. The summed E-state index contributed by atoms with van der Waals surface area (Å²) in [7, 11) is 0. The molecule has 20 heavy (non-hydrogen) atoms.